The standard InChI is InChI=1S/C22H37NO2/c1-21(12-10-19(24)15-16(21)6-5-13-23(3)4)18-9-11-22(2)17(14-18)7-8-20(22)25/h5-6,16-19,24H,7-15H2,1-4H3/b6-5-/t16-,17?,18?,19-,21-,22-/m0/s1. The third kappa shape index (κ3) is 3.60. The van der Waals surface area contributed by atoms with Gasteiger partial charge in [0.15, 0.2) is 0 Å². The lowest BCUT2D eigenvalue weighted by molar-refractivity contribution is -0.129. The van der Waals surface area contributed by atoms with E-state index in [0.29, 0.717) is 23.5 Å². The molecule has 3 nitrogen and oxygen atoms in total. The van der Waals surface area contributed by atoms with Crippen LogP contribution in [0.3, 0.4) is 0 Å². The van der Waals surface area contributed by atoms with Crippen LogP contribution in [-0.4, -0.2) is 42.5 Å². The summed E-state index contributed by atoms with van der Waals surface area (Å²) in [6.07, 6.45) is 12.9. The lowest BCUT2D eigenvalue weighted by atomic mass is 9.53. The summed E-state index contributed by atoms with van der Waals surface area (Å²) in [6, 6.07) is 0. The van der Waals surface area contributed by atoms with Crippen molar-refractivity contribution in [2.24, 2.45) is 28.6 Å². The monoisotopic (exact) mass is 347 g/mol. The molecule has 2 unspecified atom stereocenters. The number of hydrogen-bond donors (Lipinski definition) is 1. The summed E-state index contributed by atoms with van der Waals surface area (Å²) in [7, 11) is 4.19. The molecule has 0 spiro atoms. The van der Waals surface area contributed by atoms with Gasteiger partial charge in [0.2, 0.25) is 0 Å². The number of carbonyl (C=O) groups is 1. The first-order valence-electron chi connectivity index (χ1n) is 10.3. The van der Waals surface area contributed by atoms with Crippen LogP contribution in [0, 0.1) is 28.6 Å². The van der Waals surface area contributed by atoms with E-state index in [1.54, 1.807) is 0 Å². The van der Waals surface area contributed by atoms with Gasteiger partial charge in [-0.1, -0.05) is 26.0 Å². The molecule has 0 radical (unpaired) electrons. The van der Waals surface area contributed by atoms with Crippen molar-refractivity contribution in [3.05, 3.63) is 12.2 Å². The number of allylic oxidation sites excluding steroid dienone is 1. The van der Waals surface area contributed by atoms with E-state index in [-0.39, 0.29) is 16.9 Å². The molecule has 3 fully saturated rings. The summed E-state index contributed by atoms with van der Waals surface area (Å²) in [4.78, 5) is 14.5. The molecule has 0 aromatic carbocycles. The summed E-state index contributed by atoms with van der Waals surface area (Å²) >= 11 is 0. The third-order valence-corrected chi connectivity index (χ3v) is 8.00. The molecule has 0 saturated heterocycles. The van der Waals surface area contributed by atoms with Crippen LogP contribution in [0.5, 0.6) is 0 Å². The first-order valence-corrected chi connectivity index (χ1v) is 10.3. The second-order valence-corrected chi connectivity index (χ2v) is 9.78. The van der Waals surface area contributed by atoms with Gasteiger partial charge in [0.25, 0.3) is 0 Å². The van der Waals surface area contributed by atoms with Gasteiger partial charge in [0, 0.05) is 18.4 Å². The molecule has 25 heavy (non-hydrogen) atoms. The largest absolute Gasteiger partial charge is 0.393 e. The highest BCUT2D eigenvalue weighted by atomic mass is 16.3. The normalized spacial score (nSPS) is 45.3. The summed E-state index contributed by atoms with van der Waals surface area (Å²) in [5, 5.41) is 10.3. The van der Waals surface area contributed by atoms with Crippen LogP contribution < -0.4 is 0 Å². The Kier molecular flexibility index (Phi) is 5.46. The van der Waals surface area contributed by atoms with E-state index in [2.05, 4.69) is 45.0 Å². The Bertz CT molecular complexity index is 528. The van der Waals surface area contributed by atoms with Gasteiger partial charge >= 0.3 is 0 Å². The summed E-state index contributed by atoms with van der Waals surface area (Å²) in [6.45, 7) is 5.65. The van der Waals surface area contributed by atoms with Gasteiger partial charge in [0.1, 0.15) is 5.78 Å². The van der Waals surface area contributed by atoms with Crippen molar-refractivity contribution in [2.75, 3.05) is 20.6 Å². The van der Waals surface area contributed by atoms with E-state index in [1.807, 2.05) is 0 Å². The van der Waals surface area contributed by atoms with Crippen LogP contribution in [0.25, 0.3) is 0 Å². The topological polar surface area (TPSA) is 40.5 Å². The van der Waals surface area contributed by atoms with E-state index in [4.69, 9.17) is 0 Å². The summed E-state index contributed by atoms with van der Waals surface area (Å²) in [5.74, 6) is 2.26. The Morgan fingerprint density at radius 2 is 1.88 bits per heavy atom. The molecule has 3 rings (SSSR count). The van der Waals surface area contributed by atoms with Crippen LogP contribution in [0.2, 0.25) is 0 Å². The second kappa shape index (κ2) is 7.15. The first kappa shape index (κ1) is 19.1. The lowest BCUT2D eigenvalue weighted by Crippen LogP contribution is -2.46. The Balaban J connectivity index is 1.75. The third-order valence-electron chi connectivity index (χ3n) is 8.00. The van der Waals surface area contributed by atoms with Crippen molar-refractivity contribution in [1.29, 1.82) is 0 Å². The molecule has 1 N–H and O–H groups in total. The van der Waals surface area contributed by atoms with Crippen molar-refractivity contribution in [2.45, 2.75) is 71.3 Å². The van der Waals surface area contributed by atoms with Gasteiger partial charge in [-0.25, -0.2) is 0 Å². The number of hydrogen-bond acceptors (Lipinski definition) is 3. The predicted octanol–water partition coefficient (Wildman–Crippen LogP) is 4.06. The molecule has 0 bridgehead atoms. The van der Waals surface area contributed by atoms with Gasteiger partial charge in [-0.15, -0.1) is 0 Å². The fraction of sp³-hybridized carbons (Fsp3) is 0.864. The fourth-order valence-electron chi connectivity index (χ4n) is 5.98. The number of aliphatic hydroxyl groups is 1. The number of ketones is 1. The van der Waals surface area contributed by atoms with E-state index in [0.717, 1.165) is 45.1 Å². The molecule has 3 aliphatic rings. The first-order chi connectivity index (χ1) is 11.8. The molecule has 3 saturated carbocycles. The molecular weight excluding hydrogens is 310 g/mol. The quantitative estimate of drug-likeness (QED) is 0.780. The smallest absolute Gasteiger partial charge is 0.139 e. The average molecular weight is 348 g/mol. The van der Waals surface area contributed by atoms with Gasteiger partial charge in [0.05, 0.1) is 6.10 Å². The maximum atomic E-state index is 12.4. The molecule has 3 aliphatic carbocycles. The number of likely N-dealkylation sites (N-methyl/N-ethyl adjacent to an activating group) is 1. The highest BCUT2D eigenvalue weighted by Gasteiger charge is 2.53. The zero-order valence-corrected chi connectivity index (χ0v) is 16.6. The number of aliphatic hydroxyl groups excluding tert-OH is 1. The minimum Gasteiger partial charge on any atom is -0.393 e. The minimum atomic E-state index is -0.149. The Labute approximate surface area is 153 Å². The van der Waals surface area contributed by atoms with Gasteiger partial charge in [-0.3, -0.25) is 4.79 Å². The highest BCUT2D eigenvalue weighted by molar-refractivity contribution is 5.87. The molecule has 3 heteroatoms. The van der Waals surface area contributed by atoms with Crippen molar-refractivity contribution >= 4 is 5.78 Å². The minimum absolute atomic E-state index is 0.0305. The number of rotatable bonds is 4. The predicted molar refractivity (Wildman–Crippen MR) is 102 cm³/mol. The van der Waals surface area contributed by atoms with Crippen molar-refractivity contribution < 1.29 is 9.90 Å². The zero-order chi connectivity index (χ0) is 18.2. The second-order valence-electron chi connectivity index (χ2n) is 9.78. The van der Waals surface area contributed by atoms with E-state index >= 15 is 0 Å². The van der Waals surface area contributed by atoms with Crippen LogP contribution in [0.15, 0.2) is 12.2 Å². The lowest BCUT2D eigenvalue weighted by Gasteiger charge is -2.52. The van der Waals surface area contributed by atoms with E-state index < -0.39 is 0 Å². The van der Waals surface area contributed by atoms with E-state index in [9.17, 15) is 9.90 Å². The molecule has 0 aromatic heterocycles. The maximum Gasteiger partial charge on any atom is 0.139 e. The SMILES string of the molecule is CN(C)C/C=C\[C@H]1C[C@@H](O)CC[C@]1(C)C1CC[C@]2(C)C(=O)CCC2C1. The number of carbonyl (C=O) groups excluding carboxylic acids is 1. The van der Waals surface area contributed by atoms with Crippen LogP contribution in [0.1, 0.15) is 65.2 Å². The van der Waals surface area contributed by atoms with Gasteiger partial charge < -0.3 is 10.0 Å². The number of Topliss-reactive ketones (excluding diaryl/α,β-unsaturated/α-hetero) is 1. The van der Waals surface area contributed by atoms with Crippen molar-refractivity contribution in [1.82, 2.24) is 4.90 Å². The zero-order valence-electron chi connectivity index (χ0n) is 16.6. The molecule has 6 atom stereocenters. The molecular formula is C22H37NO2. The van der Waals surface area contributed by atoms with Crippen LogP contribution >= 0.6 is 0 Å². The Morgan fingerprint density at radius 1 is 1.12 bits per heavy atom. The molecule has 0 heterocycles. The van der Waals surface area contributed by atoms with Gasteiger partial charge in [-0.05, 0) is 82.2 Å². The number of nitrogens with zero attached hydrogens (tertiary/aromatic N) is 1. The van der Waals surface area contributed by atoms with Gasteiger partial charge in [-0.2, -0.15) is 0 Å². The number of fused-ring (bicyclic) bond motifs is 1. The molecule has 0 aliphatic heterocycles. The molecule has 142 valence electrons. The van der Waals surface area contributed by atoms with Crippen molar-refractivity contribution in [3.63, 3.8) is 0 Å². The summed E-state index contributed by atoms with van der Waals surface area (Å²) < 4.78 is 0. The maximum absolute atomic E-state index is 12.4. The van der Waals surface area contributed by atoms with E-state index in [1.165, 1.54) is 12.8 Å². The highest BCUT2D eigenvalue weighted by Crippen LogP contribution is 2.58. The average Bonchev–Trinajstić information content (AvgIpc) is 2.85. The Morgan fingerprint density at radius 3 is 2.60 bits per heavy atom. The van der Waals surface area contributed by atoms with Crippen molar-refractivity contribution in [3.8, 4) is 0 Å². The molecule has 0 amide bonds. The summed E-state index contributed by atoms with van der Waals surface area (Å²) in [5.41, 5.74) is 0.242. The van der Waals surface area contributed by atoms with Crippen LogP contribution in [0.4, 0.5) is 0 Å². The fourth-order valence-corrected chi connectivity index (χ4v) is 5.98. The molecule has 0 aromatic rings. The Hall–Kier alpha value is -0.670. The van der Waals surface area contributed by atoms with Crippen LogP contribution in [-0.2, 0) is 4.79 Å².